The molecule has 0 aromatic heterocycles. The molecule has 30 heavy (non-hydrogen) atoms. The predicted octanol–water partition coefficient (Wildman–Crippen LogP) is 3.30. The Morgan fingerprint density at radius 1 is 0.933 bits per heavy atom. The number of hydrogen-bond donors (Lipinski definition) is 1. The van der Waals surface area contributed by atoms with E-state index in [2.05, 4.69) is 12.2 Å². The first-order chi connectivity index (χ1) is 14.6. The van der Waals surface area contributed by atoms with E-state index in [1.54, 1.807) is 7.11 Å². The van der Waals surface area contributed by atoms with E-state index >= 15 is 0 Å². The van der Waals surface area contributed by atoms with Gasteiger partial charge in [0.2, 0.25) is 5.91 Å². The van der Waals surface area contributed by atoms with Gasteiger partial charge in [0.15, 0.2) is 6.29 Å². The summed E-state index contributed by atoms with van der Waals surface area (Å²) in [6.45, 7) is 4.84. The second-order valence-electron chi connectivity index (χ2n) is 7.60. The lowest BCUT2D eigenvalue weighted by molar-refractivity contribution is -0.293. The van der Waals surface area contributed by atoms with Crippen LogP contribution in [0.2, 0.25) is 0 Å². The van der Waals surface area contributed by atoms with Gasteiger partial charge in [-0.3, -0.25) is 4.79 Å². The highest BCUT2D eigenvalue weighted by Gasteiger charge is 2.45. The van der Waals surface area contributed by atoms with Gasteiger partial charge in [0, 0.05) is 26.5 Å². The summed E-state index contributed by atoms with van der Waals surface area (Å²) in [5.41, 5.74) is 2.17. The largest absolute Gasteiger partial charge is 0.370 e. The topological polar surface area (TPSA) is 66.0 Å². The summed E-state index contributed by atoms with van der Waals surface area (Å²) in [7, 11) is 1.61. The third-order valence-corrected chi connectivity index (χ3v) is 5.34. The molecule has 1 fully saturated rings. The average molecular weight is 414 g/mol. The van der Waals surface area contributed by atoms with Crippen molar-refractivity contribution in [3.8, 4) is 0 Å². The molecule has 6 heteroatoms. The summed E-state index contributed by atoms with van der Waals surface area (Å²) in [5, 5.41) is 2.84. The fraction of sp³-hybridized carbons (Fsp3) is 0.458. The number of nitrogens with one attached hydrogen (secondary N) is 1. The zero-order chi connectivity index (χ0) is 21.3. The molecule has 1 aliphatic heterocycles. The van der Waals surface area contributed by atoms with E-state index in [9.17, 15) is 4.79 Å². The van der Waals surface area contributed by atoms with Gasteiger partial charge in [0.25, 0.3) is 0 Å². The maximum Gasteiger partial charge on any atom is 0.216 e. The molecule has 6 nitrogen and oxygen atoms in total. The minimum Gasteiger partial charge on any atom is -0.370 e. The summed E-state index contributed by atoms with van der Waals surface area (Å²) in [6.07, 6.45) is -1.44. The van der Waals surface area contributed by atoms with Gasteiger partial charge in [-0.15, -0.1) is 0 Å². The zero-order valence-corrected chi connectivity index (χ0v) is 17.8. The Balaban J connectivity index is 1.72. The molecule has 0 spiro atoms. The van der Waals surface area contributed by atoms with Crippen LogP contribution in [-0.4, -0.2) is 44.2 Å². The monoisotopic (exact) mass is 413 g/mol. The standard InChI is InChI=1S/C24H31NO5/c1-17-22(28-15-19-10-6-4-7-11-19)21(14-25-18(2)26)30-24(27-3)23(17)29-16-20-12-8-5-9-13-20/h4-13,17,21-24H,14-16H2,1-3H3,(H,25,26). The van der Waals surface area contributed by atoms with Crippen LogP contribution in [0.4, 0.5) is 0 Å². The van der Waals surface area contributed by atoms with Crippen LogP contribution < -0.4 is 5.32 Å². The maximum atomic E-state index is 11.5. The van der Waals surface area contributed by atoms with Crippen LogP contribution in [0.5, 0.6) is 0 Å². The number of ether oxygens (including phenoxy) is 4. The van der Waals surface area contributed by atoms with Crippen molar-refractivity contribution in [1.29, 1.82) is 0 Å². The quantitative estimate of drug-likeness (QED) is 0.683. The van der Waals surface area contributed by atoms with E-state index in [4.69, 9.17) is 18.9 Å². The molecule has 1 heterocycles. The molecule has 3 rings (SSSR count). The molecule has 0 saturated carbocycles. The van der Waals surface area contributed by atoms with Crippen LogP contribution in [-0.2, 0) is 37.0 Å². The molecule has 0 radical (unpaired) electrons. The van der Waals surface area contributed by atoms with Crippen molar-refractivity contribution in [2.24, 2.45) is 5.92 Å². The number of methoxy groups -OCH3 is 1. The Morgan fingerprint density at radius 3 is 1.97 bits per heavy atom. The Hall–Kier alpha value is -2.25. The minimum atomic E-state index is -0.543. The lowest BCUT2D eigenvalue weighted by Gasteiger charge is -2.44. The number of benzene rings is 2. The van der Waals surface area contributed by atoms with E-state index in [1.807, 2.05) is 60.7 Å². The summed E-state index contributed by atoms with van der Waals surface area (Å²) < 4.78 is 24.3. The molecule has 5 atom stereocenters. The lowest BCUT2D eigenvalue weighted by Crippen LogP contribution is -2.58. The first-order valence-electron chi connectivity index (χ1n) is 10.3. The van der Waals surface area contributed by atoms with Gasteiger partial charge in [-0.25, -0.2) is 0 Å². The van der Waals surface area contributed by atoms with Gasteiger partial charge in [-0.1, -0.05) is 67.6 Å². The number of carbonyl (C=O) groups is 1. The van der Waals surface area contributed by atoms with Crippen molar-refractivity contribution in [2.45, 2.75) is 51.7 Å². The van der Waals surface area contributed by atoms with Crippen LogP contribution in [0.25, 0.3) is 0 Å². The second kappa shape index (κ2) is 11.2. The molecule has 0 aliphatic carbocycles. The van der Waals surface area contributed by atoms with Crippen molar-refractivity contribution < 1.29 is 23.7 Å². The van der Waals surface area contributed by atoms with Crippen molar-refractivity contribution >= 4 is 5.91 Å². The van der Waals surface area contributed by atoms with Gasteiger partial charge in [-0.2, -0.15) is 0 Å². The molecule has 1 N–H and O–H groups in total. The van der Waals surface area contributed by atoms with E-state index in [0.717, 1.165) is 11.1 Å². The van der Waals surface area contributed by atoms with E-state index < -0.39 is 6.29 Å². The normalized spacial score (nSPS) is 26.3. The fourth-order valence-electron chi connectivity index (χ4n) is 3.72. The Kier molecular flexibility index (Phi) is 8.39. The predicted molar refractivity (Wildman–Crippen MR) is 114 cm³/mol. The number of rotatable bonds is 9. The van der Waals surface area contributed by atoms with Crippen molar-refractivity contribution in [1.82, 2.24) is 5.32 Å². The van der Waals surface area contributed by atoms with E-state index in [0.29, 0.717) is 19.8 Å². The third kappa shape index (κ3) is 6.12. The van der Waals surface area contributed by atoms with Crippen LogP contribution in [0.15, 0.2) is 60.7 Å². The highest BCUT2D eigenvalue weighted by atomic mass is 16.7. The van der Waals surface area contributed by atoms with Crippen LogP contribution in [0.1, 0.15) is 25.0 Å². The molecule has 2 aromatic rings. The van der Waals surface area contributed by atoms with Gasteiger partial charge in [0.05, 0.1) is 19.3 Å². The highest BCUT2D eigenvalue weighted by molar-refractivity contribution is 5.72. The summed E-state index contributed by atoms with van der Waals surface area (Å²) in [5.74, 6) is -0.112. The van der Waals surface area contributed by atoms with E-state index in [1.165, 1.54) is 6.92 Å². The van der Waals surface area contributed by atoms with Crippen LogP contribution in [0, 0.1) is 5.92 Å². The molecular weight excluding hydrogens is 382 g/mol. The Labute approximate surface area is 178 Å². The Morgan fingerprint density at radius 2 is 1.47 bits per heavy atom. The fourth-order valence-corrected chi connectivity index (χ4v) is 3.72. The molecule has 2 aromatic carbocycles. The second-order valence-corrected chi connectivity index (χ2v) is 7.60. The van der Waals surface area contributed by atoms with Gasteiger partial charge < -0.3 is 24.3 Å². The van der Waals surface area contributed by atoms with Gasteiger partial charge in [-0.05, 0) is 11.1 Å². The van der Waals surface area contributed by atoms with Crippen LogP contribution >= 0.6 is 0 Å². The summed E-state index contributed by atoms with van der Waals surface area (Å²) in [6, 6.07) is 20.0. The molecule has 1 aliphatic rings. The minimum absolute atomic E-state index is 0.00474. The van der Waals surface area contributed by atoms with Crippen molar-refractivity contribution in [3.05, 3.63) is 71.8 Å². The summed E-state index contributed by atoms with van der Waals surface area (Å²) >= 11 is 0. The number of carbonyl (C=O) groups excluding carboxylic acids is 1. The van der Waals surface area contributed by atoms with Crippen molar-refractivity contribution in [3.63, 3.8) is 0 Å². The van der Waals surface area contributed by atoms with Gasteiger partial charge in [0.1, 0.15) is 12.2 Å². The first kappa shape index (κ1) is 22.4. The molecule has 1 saturated heterocycles. The number of hydrogen-bond acceptors (Lipinski definition) is 5. The number of amides is 1. The molecule has 5 unspecified atom stereocenters. The average Bonchev–Trinajstić information content (AvgIpc) is 2.77. The third-order valence-electron chi connectivity index (χ3n) is 5.34. The molecule has 0 bridgehead atoms. The maximum absolute atomic E-state index is 11.5. The Bertz CT molecular complexity index is 770. The van der Waals surface area contributed by atoms with Crippen LogP contribution in [0.3, 0.4) is 0 Å². The lowest BCUT2D eigenvalue weighted by atomic mass is 9.90. The van der Waals surface area contributed by atoms with Crippen molar-refractivity contribution in [2.75, 3.05) is 13.7 Å². The highest BCUT2D eigenvalue weighted by Crippen LogP contribution is 2.32. The molecule has 162 valence electrons. The summed E-state index contributed by atoms with van der Waals surface area (Å²) in [4.78, 5) is 11.5. The molecular formula is C24H31NO5. The first-order valence-corrected chi connectivity index (χ1v) is 10.3. The smallest absolute Gasteiger partial charge is 0.216 e. The van der Waals surface area contributed by atoms with Gasteiger partial charge >= 0.3 is 0 Å². The molecule has 1 amide bonds. The SMILES string of the molecule is COC1OC(CNC(C)=O)C(OCc2ccccc2)C(C)C1OCc1ccccc1. The van der Waals surface area contributed by atoms with E-state index in [-0.39, 0.29) is 30.1 Å². The zero-order valence-electron chi connectivity index (χ0n) is 17.8.